The maximum atomic E-state index is 12.1. The Morgan fingerprint density at radius 1 is 1.58 bits per heavy atom. The Labute approximate surface area is 120 Å². The Balaban J connectivity index is 0.00000180. The van der Waals surface area contributed by atoms with Gasteiger partial charge in [0, 0.05) is 18.6 Å². The molecule has 2 heterocycles. The summed E-state index contributed by atoms with van der Waals surface area (Å²) in [7, 11) is -1.43. The van der Waals surface area contributed by atoms with Crippen LogP contribution in [0.3, 0.4) is 0 Å². The molecule has 1 amide bonds. The quantitative estimate of drug-likeness (QED) is 0.487. The first kappa shape index (κ1) is 16.7. The lowest BCUT2D eigenvalue weighted by Crippen LogP contribution is -2.52. The SMILES string of the molecule is CC1(NCC(=O)N2CCC[C@H]2B(O)O)CCNC1.Cl. The van der Waals surface area contributed by atoms with Gasteiger partial charge < -0.3 is 25.6 Å². The van der Waals surface area contributed by atoms with Gasteiger partial charge in [-0.1, -0.05) is 0 Å². The number of hydrogen-bond donors (Lipinski definition) is 4. The molecule has 0 aromatic carbocycles. The van der Waals surface area contributed by atoms with Gasteiger partial charge in [-0.15, -0.1) is 12.4 Å². The van der Waals surface area contributed by atoms with E-state index in [9.17, 15) is 14.8 Å². The fraction of sp³-hybridized carbons (Fsp3) is 0.909. The number of halogens is 1. The molecule has 2 atom stereocenters. The topological polar surface area (TPSA) is 84.8 Å². The van der Waals surface area contributed by atoms with Gasteiger partial charge in [0.2, 0.25) is 5.91 Å². The van der Waals surface area contributed by atoms with Crippen LogP contribution >= 0.6 is 12.4 Å². The number of nitrogens with one attached hydrogen (secondary N) is 2. The Morgan fingerprint density at radius 3 is 2.89 bits per heavy atom. The van der Waals surface area contributed by atoms with Gasteiger partial charge in [0.25, 0.3) is 0 Å². The van der Waals surface area contributed by atoms with E-state index in [1.807, 2.05) is 0 Å². The molecule has 2 saturated heterocycles. The molecule has 0 bridgehead atoms. The third-order valence-corrected chi connectivity index (χ3v) is 4.00. The zero-order chi connectivity index (χ0) is 13.2. The van der Waals surface area contributed by atoms with Gasteiger partial charge in [-0.05, 0) is 32.7 Å². The predicted octanol–water partition coefficient (Wildman–Crippen LogP) is -1.25. The molecule has 6 nitrogen and oxygen atoms in total. The minimum Gasteiger partial charge on any atom is -0.426 e. The van der Waals surface area contributed by atoms with Gasteiger partial charge in [0.15, 0.2) is 0 Å². The second-order valence-electron chi connectivity index (χ2n) is 5.55. The number of rotatable bonds is 4. The van der Waals surface area contributed by atoms with Crippen LogP contribution in [0.4, 0.5) is 0 Å². The van der Waals surface area contributed by atoms with Gasteiger partial charge in [-0.2, -0.15) is 0 Å². The summed E-state index contributed by atoms with van der Waals surface area (Å²) in [5.41, 5.74) is -0.0251. The molecule has 2 aliphatic heterocycles. The smallest absolute Gasteiger partial charge is 0.426 e. The highest BCUT2D eigenvalue weighted by Gasteiger charge is 2.37. The lowest BCUT2D eigenvalue weighted by Gasteiger charge is -2.28. The van der Waals surface area contributed by atoms with Crippen molar-refractivity contribution in [2.45, 2.75) is 37.7 Å². The minimum absolute atomic E-state index is 0. The largest absolute Gasteiger partial charge is 0.475 e. The van der Waals surface area contributed by atoms with Crippen molar-refractivity contribution in [3.8, 4) is 0 Å². The molecule has 0 radical (unpaired) electrons. The van der Waals surface area contributed by atoms with E-state index in [-0.39, 0.29) is 30.4 Å². The minimum atomic E-state index is -1.43. The monoisotopic (exact) mass is 291 g/mol. The van der Waals surface area contributed by atoms with E-state index in [0.717, 1.165) is 25.9 Å². The van der Waals surface area contributed by atoms with Crippen molar-refractivity contribution in [2.75, 3.05) is 26.2 Å². The highest BCUT2D eigenvalue weighted by Crippen LogP contribution is 2.18. The van der Waals surface area contributed by atoms with Crippen LogP contribution in [0.1, 0.15) is 26.2 Å². The number of carbonyl (C=O) groups is 1. The van der Waals surface area contributed by atoms with Gasteiger partial charge in [0.05, 0.1) is 12.5 Å². The molecule has 8 heteroatoms. The summed E-state index contributed by atoms with van der Waals surface area (Å²) in [6, 6.07) is 0. The van der Waals surface area contributed by atoms with Crippen LogP contribution in [0.15, 0.2) is 0 Å². The molecule has 0 spiro atoms. The molecular weight excluding hydrogens is 268 g/mol. The summed E-state index contributed by atoms with van der Waals surface area (Å²) in [5, 5.41) is 25.0. The number of likely N-dealkylation sites (tertiary alicyclic amines) is 1. The average molecular weight is 292 g/mol. The summed E-state index contributed by atoms with van der Waals surface area (Å²) in [6.07, 6.45) is 2.52. The predicted molar refractivity (Wildman–Crippen MR) is 76.1 cm³/mol. The molecular formula is C11H23BClN3O3. The first-order chi connectivity index (χ1) is 8.52. The van der Waals surface area contributed by atoms with Crippen molar-refractivity contribution < 1.29 is 14.8 Å². The fourth-order valence-corrected chi connectivity index (χ4v) is 2.77. The summed E-state index contributed by atoms with van der Waals surface area (Å²) in [4.78, 5) is 13.7. The first-order valence-electron chi connectivity index (χ1n) is 6.63. The molecule has 110 valence electrons. The highest BCUT2D eigenvalue weighted by atomic mass is 35.5. The normalized spacial score (nSPS) is 30.3. The average Bonchev–Trinajstić information content (AvgIpc) is 2.95. The van der Waals surface area contributed by atoms with E-state index in [0.29, 0.717) is 13.0 Å². The van der Waals surface area contributed by atoms with E-state index in [1.54, 1.807) is 4.90 Å². The van der Waals surface area contributed by atoms with Crippen LogP contribution in [-0.2, 0) is 4.79 Å². The Bertz CT molecular complexity index is 314. The maximum absolute atomic E-state index is 12.1. The lowest BCUT2D eigenvalue weighted by molar-refractivity contribution is -0.130. The van der Waals surface area contributed by atoms with E-state index < -0.39 is 13.1 Å². The summed E-state index contributed by atoms with van der Waals surface area (Å²) < 4.78 is 0. The first-order valence-corrected chi connectivity index (χ1v) is 6.63. The molecule has 0 aromatic rings. The van der Waals surface area contributed by atoms with Gasteiger partial charge in [-0.25, -0.2) is 0 Å². The second kappa shape index (κ2) is 6.90. The molecule has 0 aromatic heterocycles. The van der Waals surface area contributed by atoms with Crippen LogP contribution < -0.4 is 10.6 Å². The molecule has 0 aliphatic carbocycles. The van der Waals surface area contributed by atoms with Crippen molar-refractivity contribution >= 4 is 25.4 Å². The molecule has 2 aliphatic rings. The lowest BCUT2D eigenvalue weighted by atomic mass is 9.78. The molecule has 0 saturated carbocycles. The van der Waals surface area contributed by atoms with Gasteiger partial charge in [0.1, 0.15) is 0 Å². The van der Waals surface area contributed by atoms with Crippen LogP contribution in [0, 0.1) is 0 Å². The Morgan fingerprint density at radius 2 is 2.32 bits per heavy atom. The molecule has 2 rings (SSSR count). The van der Waals surface area contributed by atoms with Crippen LogP contribution in [-0.4, -0.2) is 65.6 Å². The Kier molecular flexibility index (Phi) is 6.07. The molecule has 1 unspecified atom stereocenters. The van der Waals surface area contributed by atoms with E-state index in [1.165, 1.54) is 0 Å². The zero-order valence-electron chi connectivity index (χ0n) is 11.3. The number of hydrogen-bond acceptors (Lipinski definition) is 5. The van der Waals surface area contributed by atoms with Crippen molar-refractivity contribution in [3.05, 3.63) is 0 Å². The van der Waals surface area contributed by atoms with E-state index in [2.05, 4.69) is 17.6 Å². The van der Waals surface area contributed by atoms with Crippen LogP contribution in [0.5, 0.6) is 0 Å². The number of nitrogens with zero attached hydrogens (tertiary/aromatic N) is 1. The van der Waals surface area contributed by atoms with Crippen molar-refractivity contribution in [1.82, 2.24) is 15.5 Å². The zero-order valence-corrected chi connectivity index (χ0v) is 12.1. The standard InChI is InChI=1S/C11H22BN3O3.ClH/c1-11(4-5-13-8-11)14-7-10(16)15-6-2-3-9(15)12(17)18;/h9,13-14,17-18H,2-8H2,1H3;1H/t9-,11?;/m0./s1. The second-order valence-corrected chi connectivity index (χ2v) is 5.55. The summed E-state index contributed by atoms with van der Waals surface area (Å²) in [5.74, 6) is -0.479. The third-order valence-electron chi connectivity index (χ3n) is 4.00. The maximum Gasteiger partial charge on any atom is 0.475 e. The fourth-order valence-electron chi connectivity index (χ4n) is 2.77. The molecule has 2 fully saturated rings. The highest BCUT2D eigenvalue weighted by molar-refractivity contribution is 6.43. The summed E-state index contributed by atoms with van der Waals surface area (Å²) in [6.45, 7) is 4.83. The van der Waals surface area contributed by atoms with E-state index >= 15 is 0 Å². The van der Waals surface area contributed by atoms with Crippen LogP contribution in [0.2, 0.25) is 0 Å². The third kappa shape index (κ3) is 4.06. The van der Waals surface area contributed by atoms with Crippen LogP contribution in [0.25, 0.3) is 0 Å². The molecule has 4 N–H and O–H groups in total. The van der Waals surface area contributed by atoms with Crippen molar-refractivity contribution in [1.29, 1.82) is 0 Å². The van der Waals surface area contributed by atoms with Gasteiger partial charge >= 0.3 is 7.12 Å². The molecule has 19 heavy (non-hydrogen) atoms. The number of amides is 1. The van der Waals surface area contributed by atoms with Gasteiger partial charge in [-0.3, -0.25) is 4.79 Å². The van der Waals surface area contributed by atoms with Crippen molar-refractivity contribution in [3.63, 3.8) is 0 Å². The van der Waals surface area contributed by atoms with E-state index in [4.69, 9.17) is 0 Å². The van der Waals surface area contributed by atoms with Crippen molar-refractivity contribution in [2.24, 2.45) is 0 Å². The summed E-state index contributed by atoms with van der Waals surface area (Å²) >= 11 is 0. The number of carbonyl (C=O) groups excluding carboxylic acids is 1. The Hall–Kier alpha value is -0.335.